The van der Waals surface area contributed by atoms with Gasteiger partial charge in [0.15, 0.2) is 0 Å². The minimum Gasteiger partial charge on any atom is -0.319 e. The van der Waals surface area contributed by atoms with Crippen LogP contribution in [0.2, 0.25) is 0 Å². The maximum atomic E-state index is 13.3. The van der Waals surface area contributed by atoms with Crippen LogP contribution >= 0.6 is 11.3 Å². The molecule has 1 aliphatic rings. The van der Waals surface area contributed by atoms with Gasteiger partial charge in [-0.05, 0) is 43.3 Å². The summed E-state index contributed by atoms with van der Waals surface area (Å²) in [7, 11) is 1.84. The van der Waals surface area contributed by atoms with Gasteiger partial charge < -0.3 is 5.32 Å². The van der Waals surface area contributed by atoms with Crippen molar-refractivity contribution in [2.75, 3.05) is 5.32 Å². The van der Waals surface area contributed by atoms with Gasteiger partial charge in [0.25, 0.3) is 5.56 Å². The Hall–Kier alpha value is -2.60. The summed E-state index contributed by atoms with van der Waals surface area (Å²) in [6.07, 6.45) is 3.73. The fourth-order valence-corrected chi connectivity index (χ4v) is 5.04. The van der Waals surface area contributed by atoms with Crippen LogP contribution in [0.5, 0.6) is 0 Å². The number of hydrogen-bond acceptors (Lipinski definition) is 3. The molecule has 0 unspecified atom stereocenters. The van der Waals surface area contributed by atoms with E-state index >= 15 is 0 Å². The zero-order valence-electron chi connectivity index (χ0n) is 15.6. The molecule has 0 saturated heterocycles. The molecule has 2 aromatic heterocycles. The number of anilines is 1. The van der Waals surface area contributed by atoms with Gasteiger partial charge in [-0.25, -0.2) is 4.68 Å². The van der Waals surface area contributed by atoms with E-state index in [1.165, 1.54) is 0 Å². The summed E-state index contributed by atoms with van der Waals surface area (Å²) in [6, 6.07) is 13.5. The third kappa shape index (κ3) is 2.84. The van der Waals surface area contributed by atoms with Gasteiger partial charge in [0.2, 0.25) is 5.91 Å². The quantitative estimate of drug-likeness (QED) is 0.743. The summed E-state index contributed by atoms with van der Waals surface area (Å²) in [5.41, 5.74) is 1.18. The lowest BCUT2D eigenvalue weighted by Gasteiger charge is -2.26. The maximum Gasteiger partial charge on any atom is 0.295 e. The van der Waals surface area contributed by atoms with Crippen molar-refractivity contribution in [1.82, 2.24) is 9.36 Å². The molecule has 1 aromatic carbocycles. The topological polar surface area (TPSA) is 56.0 Å². The number of carbonyl (C=O) groups is 1. The summed E-state index contributed by atoms with van der Waals surface area (Å²) in [5, 5.41) is 5.01. The molecule has 6 heteroatoms. The molecular formula is C21H23N3O2S. The van der Waals surface area contributed by atoms with Crippen LogP contribution in [0.3, 0.4) is 0 Å². The highest BCUT2D eigenvalue weighted by Crippen LogP contribution is 2.44. The number of nitrogens with zero attached hydrogens (tertiary/aromatic N) is 2. The second-order valence-electron chi connectivity index (χ2n) is 7.16. The van der Waals surface area contributed by atoms with Crippen LogP contribution in [0.4, 0.5) is 5.69 Å². The molecule has 1 amide bonds. The molecule has 4 rings (SSSR count). The van der Waals surface area contributed by atoms with Gasteiger partial charge in [-0.2, -0.15) is 0 Å². The number of nitrogens with one attached hydrogen (secondary N) is 1. The largest absolute Gasteiger partial charge is 0.319 e. The molecule has 0 aliphatic heterocycles. The zero-order chi connectivity index (χ0) is 19.0. The van der Waals surface area contributed by atoms with Crippen LogP contribution in [0.1, 0.15) is 36.3 Å². The maximum absolute atomic E-state index is 13.3. The summed E-state index contributed by atoms with van der Waals surface area (Å²) in [5.74, 6) is -0.0616. The van der Waals surface area contributed by atoms with E-state index in [2.05, 4.69) is 5.32 Å². The second-order valence-corrected chi connectivity index (χ2v) is 8.10. The first kappa shape index (κ1) is 17.8. The Morgan fingerprint density at radius 1 is 1.11 bits per heavy atom. The van der Waals surface area contributed by atoms with Crippen LogP contribution in [0, 0.1) is 6.92 Å². The number of aromatic nitrogens is 2. The Morgan fingerprint density at radius 2 is 1.81 bits per heavy atom. The number of benzene rings is 1. The van der Waals surface area contributed by atoms with E-state index in [1.807, 2.05) is 61.8 Å². The fraction of sp³-hybridized carbons (Fsp3) is 0.333. The van der Waals surface area contributed by atoms with Crippen molar-refractivity contribution in [2.24, 2.45) is 7.05 Å². The highest BCUT2D eigenvalue weighted by molar-refractivity contribution is 7.10. The van der Waals surface area contributed by atoms with Crippen molar-refractivity contribution < 1.29 is 4.79 Å². The third-order valence-electron chi connectivity index (χ3n) is 5.68. The van der Waals surface area contributed by atoms with Crippen molar-refractivity contribution in [2.45, 2.75) is 38.0 Å². The summed E-state index contributed by atoms with van der Waals surface area (Å²) in [6.45, 7) is 1.86. The Balaban J connectivity index is 1.73. The molecule has 1 N–H and O–H groups in total. The SMILES string of the molecule is Cc1c(NC(=O)C2(c3cccs3)CCCC2)c(=O)n(-c2ccccc2)n1C. The number of hydrogen-bond donors (Lipinski definition) is 1. The molecule has 1 aliphatic carbocycles. The Morgan fingerprint density at radius 3 is 2.44 bits per heavy atom. The number of thiophene rings is 1. The normalized spacial score (nSPS) is 15.8. The molecule has 0 radical (unpaired) electrons. The van der Waals surface area contributed by atoms with Gasteiger partial charge in [0.1, 0.15) is 5.69 Å². The van der Waals surface area contributed by atoms with Gasteiger partial charge in [-0.15, -0.1) is 11.3 Å². The minimum absolute atomic E-state index is 0.0616. The van der Waals surface area contributed by atoms with E-state index in [4.69, 9.17) is 0 Å². The third-order valence-corrected chi connectivity index (χ3v) is 6.75. The molecule has 140 valence electrons. The van der Waals surface area contributed by atoms with Crippen LogP contribution < -0.4 is 10.9 Å². The monoisotopic (exact) mass is 381 g/mol. The molecule has 1 saturated carbocycles. The molecule has 3 aromatic rings. The molecule has 0 atom stereocenters. The molecular weight excluding hydrogens is 358 g/mol. The molecule has 0 spiro atoms. The Kier molecular flexibility index (Phi) is 4.52. The Labute approximate surface area is 162 Å². The number of para-hydroxylation sites is 1. The highest BCUT2D eigenvalue weighted by Gasteiger charge is 2.44. The lowest BCUT2D eigenvalue weighted by molar-refractivity contribution is -0.121. The summed E-state index contributed by atoms with van der Waals surface area (Å²) in [4.78, 5) is 27.5. The van der Waals surface area contributed by atoms with Gasteiger partial charge in [0, 0.05) is 11.9 Å². The standard InChI is InChI=1S/C21H23N3O2S/c1-15-18(19(25)24(23(15)2)16-9-4-3-5-10-16)22-20(26)21(12-6-7-13-21)17-11-8-14-27-17/h3-5,8-11,14H,6-7,12-13H2,1-2H3,(H,22,26). The first-order valence-electron chi connectivity index (χ1n) is 9.24. The van der Waals surface area contributed by atoms with Gasteiger partial charge in [0.05, 0.1) is 16.8 Å². The van der Waals surface area contributed by atoms with E-state index < -0.39 is 5.41 Å². The molecule has 5 nitrogen and oxygen atoms in total. The fourth-order valence-electron chi connectivity index (χ4n) is 4.06. The average Bonchev–Trinajstić information content (AvgIpc) is 3.41. The average molecular weight is 382 g/mol. The van der Waals surface area contributed by atoms with E-state index in [0.717, 1.165) is 41.9 Å². The molecule has 0 bridgehead atoms. The summed E-state index contributed by atoms with van der Waals surface area (Å²) < 4.78 is 3.39. The van der Waals surface area contributed by atoms with Crippen molar-refractivity contribution >= 4 is 22.9 Å². The smallest absolute Gasteiger partial charge is 0.295 e. The van der Waals surface area contributed by atoms with Crippen molar-refractivity contribution in [3.8, 4) is 5.69 Å². The summed E-state index contributed by atoms with van der Waals surface area (Å²) >= 11 is 1.62. The van der Waals surface area contributed by atoms with Crippen molar-refractivity contribution in [1.29, 1.82) is 0 Å². The van der Waals surface area contributed by atoms with E-state index in [1.54, 1.807) is 20.7 Å². The number of carbonyl (C=O) groups excluding carboxylic acids is 1. The lowest BCUT2D eigenvalue weighted by atomic mass is 9.83. The van der Waals surface area contributed by atoms with Gasteiger partial charge >= 0.3 is 0 Å². The first-order valence-corrected chi connectivity index (χ1v) is 10.1. The van der Waals surface area contributed by atoms with Gasteiger partial charge in [-0.3, -0.25) is 14.3 Å². The second kappa shape index (κ2) is 6.85. The highest BCUT2D eigenvalue weighted by atomic mass is 32.1. The zero-order valence-corrected chi connectivity index (χ0v) is 16.4. The lowest BCUT2D eigenvalue weighted by Crippen LogP contribution is -2.38. The van der Waals surface area contributed by atoms with Crippen LogP contribution in [-0.4, -0.2) is 15.3 Å². The van der Waals surface area contributed by atoms with Gasteiger partial charge in [-0.1, -0.05) is 37.1 Å². The number of rotatable bonds is 4. The Bertz CT molecular complexity index is 1010. The van der Waals surface area contributed by atoms with Crippen molar-refractivity contribution in [3.05, 3.63) is 68.8 Å². The minimum atomic E-state index is -0.513. The predicted molar refractivity (Wildman–Crippen MR) is 109 cm³/mol. The van der Waals surface area contributed by atoms with Crippen LogP contribution in [0.25, 0.3) is 5.69 Å². The molecule has 2 heterocycles. The predicted octanol–water partition coefficient (Wildman–Crippen LogP) is 4.00. The van der Waals surface area contributed by atoms with E-state index in [9.17, 15) is 9.59 Å². The van der Waals surface area contributed by atoms with E-state index in [0.29, 0.717) is 5.69 Å². The molecule has 1 fully saturated rings. The van der Waals surface area contributed by atoms with Crippen LogP contribution in [-0.2, 0) is 17.3 Å². The molecule has 27 heavy (non-hydrogen) atoms. The van der Waals surface area contributed by atoms with E-state index in [-0.39, 0.29) is 11.5 Å². The first-order chi connectivity index (χ1) is 13.0. The van der Waals surface area contributed by atoms with Crippen molar-refractivity contribution in [3.63, 3.8) is 0 Å². The number of amides is 1. The van der Waals surface area contributed by atoms with Crippen LogP contribution in [0.15, 0.2) is 52.6 Å².